The molecule has 0 aliphatic carbocycles. The number of halogens is 1. The molecule has 0 atom stereocenters. The second kappa shape index (κ2) is 4.11. The molecule has 0 bridgehead atoms. The number of rotatable bonds is 1. The van der Waals surface area contributed by atoms with Gasteiger partial charge in [-0.25, -0.2) is 4.39 Å². The smallest absolute Gasteiger partial charge is 0.173 e. The van der Waals surface area contributed by atoms with Gasteiger partial charge in [0.05, 0.1) is 5.60 Å². The molecule has 0 aromatic heterocycles. The summed E-state index contributed by atoms with van der Waals surface area (Å²) in [6.07, 6.45) is 0. The Balaban J connectivity index is 2.09. The highest BCUT2D eigenvalue weighted by atomic mass is 19.1. The number of ether oxygens (including phenoxy) is 2. The third kappa shape index (κ3) is 2.06. The van der Waals surface area contributed by atoms with Gasteiger partial charge in [-0.3, -0.25) is 0 Å². The summed E-state index contributed by atoms with van der Waals surface area (Å²) in [6.45, 7) is 3.25. The minimum Gasteiger partial charge on any atom is -0.449 e. The molecule has 0 amide bonds. The second-order valence-corrected chi connectivity index (χ2v) is 5.24. The molecule has 4 nitrogen and oxygen atoms in total. The van der Waals surface area contributed by atoms with Crippen LogP contribution in [0.5, 0.6) is 23.0 Å². The summed E-state index contributed by atoms with van der Waals surface area (Å²) in [5, 5.41) is 10.1. The van der Waals surface area contributed by atoms with Crippen molar-refractivity contribution < 1.29 is 19.0 Å². The summed E-state index contributed by atoms with van der Waals surface area (Å²) < 4.78 is 24.5. The number of anilines is 1. The molecule has 20 heavy (non-hydrogen) atoms. The van der Waals surface area contributed by atoms with Gasteiger partial charge >= 0.3 is 0 Å². The molecule has 1 aliphatic rings. The van der Waals surface area contributed by atoms with Gasteiger partial charge in [-0.2, -0.15) is 0 Å². The fourth-order valence-electron chi connectivity index (χ4n) is 2.15. The predicted molar refractivity (Wildman–Crippen MR) is 72.6 cm³/mol. The van der Waals surface area contributed by atoms with Crippen LogP contribution in [0.1, 0.15) is 19.4 Å². The topological polar surface area (TPSA) is 64.7 Å². The second-order valence-electron chi connectivity index (χ2n) is 5.24. The van der Waals surface area contributed by atoms with E-state index in [-0.39, 0.29) is 0 Å². The number of nitrogen functional groups attached to an aromatic ring is 1. The molecule has 0 saturated carbocycles. The first-order valence-corrected chi connectivity index (χ1v) is 6.16. The summed E-state index contributed by atoms with van der Waals surface area (Å²) in [5.41, 5.74) is 5.75. The van der Waals surface area contributed by atoms with Crippen molar-refractivity contribution in [2.75, 3.05) is 5.73 Å². The van der Waals surface area contributed by atoms with Gasteiger partial charge in [0.1, 0.15) is 5.82 Å². The quantitative estimate of drug-likeness (QED) is 0.667. The molecule has 0 fully saturated rings. The van der Waals surface area contributed by atoms with Gasteiger partial charge in [0.15, 0.2) is 23.0 Å². The van der Waals surface area contributed by atoms with Crippen LogP contribution in [0.15, 0.2) is 30.3 Å². The molecule has 3 N–H and O–H groups in total. The highest BCUT2D eigenvalue weighted by Gasteiger charge is 2.26. The van der Waals surface area contributed by atoms with Crippen molar-refractivity contribution in [3.8, 4) is 23.0 Å². The molecular formula is C15H14FNO3. The van der Waals surface area contributed by atoms with Crippen molar-refractivity contribution in [1.82, 2.24) is 0 Å². The Labute approximate surface area is 115 Å². The normalized spacial score (nSPS) is 13.0. The standard InChI is InChI=1S/C15H14FNO3/c1-15(2,18)9-6-13-14(7-10(9)17)19-11-4-3-8(16)5-12(11)20-13/h3-7,18H,17H2,1-2H3. The third-order valence-electron chi connectivity index (χ3n) is 3.12. The zero-order valence-electron chi connectivity index (χ0n) is 11.1. The first-order chi connectivity index (χ1) is 9.34. The average molecular weight is 275 g/mol. The molecule has 3 rings (SSSR count). The van der Waals surface area contributed by atoms with E-state index >= 15 is 0 Å². The first-order valence-electron chi connectivity index (χ1n) is 6.16. The van der Waals surface area contributed by atoms with E-state index in [4.69, 9.17) is 15.2 Å². The van der Waals surface area contributed by atoms with E-state index in [9.17, 15) is 9.50 Å². The largest absolute Gasteiger partial charge is 0.449 e. The molecule has 2 aromatic carbocycles. The lowest BCUT2D eigenvalue weighted by atomic mass is 9.96. The fourth-order valence-corrected chi connectivity index (χ4v) is 2.15. The Morgan fingerprint density at radius 3 is 2.30 bits per heavy atom. The Kier molecular flexibility index (Phi) is 2.62. The van der Waals surface area contributed by atoms with E-state index in [1.165, 1.54) is 18.2 Å². The Hall–Kier alpha value is -2.27. The highest BCUT2D eigenvalue weighted by Crippen LogP contribution is 2.48. The molecule has 0 radical (unpaired) electrons. The molecule has 2 aromatic rings. The van der Waals surface area contributed by atoms with Crippen molar-refractivity contribution in [3.63, 3.8) is 0 Å². The summed E-state index contributed by atoms with van der Waals surface area (Å²) in [5.74, 6) is 1.15. The lowest BCUT2D eigenvalue weighted by molar-refractivity contribution is 0.0791. The fraction of sp³-hybridized carbons (Fsp3) is 0.200. The zero-order valence-corrected chi connectivity index (χ0v) is 11.1. The van der Waals surface area contributed by atoms with Gasteiger partial charge in [0, 0.05) is 23.4 Å². The Bertz CT molecular complexity index is 692. The average Bonchev–Trinajstić information content (AvgIpc) is 2.34. The maximum atomic E-state index is 13.2. The lowest BCUT2D eigenvalue weighted by Gasteiger charge is -2.25. The molecule has 0 spiro atoms. The number of nitrogens with two attached hydrogens (primary N) is 1. The summed E-state index contributed by atoms with van der Waals surface area (Å²) >= 11 is 0. The monoisotopic (exact) mass is 275 g/mol. The summed E-state index contributed by atoms with van der Waals surface area (Å²) in [6, 6.07) is 7.24. The van der Waals surface area contributed by atoms with Crippen LogP contribution in [0.2, 0.25) is 0 Å². The van der Waals surface area contributed by atoms with Crippen molar-refractivity contribution in [1.29, 1.82) is 0 Å². The molecule has 1 aliphatic heterocycles. The SMILES string of the molecule is CC(C)(O)c1cc2c(cc1N)Oc1ccc(F)cc1O2. The zero-order chi connectivity index (χ0) is 14.5. The molecule has 0 unspecified atom stereocenters. The van der Waals surface area contributed by atoms with Gasteiger partial charge in [0.2, 0.25) is 0 Å². The van der Waals surface area contributed by atoms with Crippen LogP contribution < -0.4 is 15.2 Å². The van der Waals surface area contributed by atoms with Gasteiger partial charge in [-0.15, -0.1) is 0 Å². The van der Waals surface area contributed by atoms with Crippen LogP contribution in [0, 0.1) is 5.82 Å². The maximum absolute atomic E-state index is 13.2. The van der Waals surface area contributed by atoms with Crippen molar-refractivity contribution in [2.45, 2.75) is 19.4 Å². The molecular weight excluding hydrogens is 261 g/mol. The van der Waals surface area contributed by atoms with E-state index in [0.29, 0.717) is 34.2 Å². The van der Waals surface area contributed by atoms with Crippen LogP contribution in [0.4, 0.5) is 10.1 Å². The van der Waals surface area contributed by atoms with E-state index in [0.717, 1.165) is 0 Å². The number of hydrogen-bond donors (Lipinski definition) is 2. The minimum atomic E-state index is -1.11. The van der Waals surface area contributed by atoms with Crippen LogP contribution in [0.25, 0.3) is 0 Å². The van der Waals surface area contributed by atoms with Crippen LogP contribution >= 0.6 is 0 Å². The number of aliphatic hydroxyl groups is 1. The maximum Gasteiger partial charge on any atom is 0.173 e. The van der Waals surface area contributed by atoms with Crippen LogP contribution in [-0.4, -0.2) is 5.11 Å². The van der Waals surface area contributed by atoms with Crippen LogP contribution in [0.3, 0.4) is 0 Å². The summed E-state index contributed by atoms with van der Waals surface area (Å²) in [4.78, 5) is 0. The van der Waals surface area contributed by atoms with Crippen molar-refractivity contribution >= 4 is 5.69 Å². The number of benzene rings is 2. The van der Waals surface area contributed by atoms with Gasteiger partial charge in [0.25, 0.3) is 0 Å². The highest BCUT2D eigenvalue weighted by molar-refractivity contribution is 5.63. The lowest BCUT2D eigenvalue weighted by Crippen LogP contribution is -2.18. The van der Waals surface area contributed by atoms with Crippen molar-refractivity contribution in [2.24, 2.45) is 0 Å². The molecule has 1 heterocycles. The van der Waals surface area contributed by atoms with Crippen molar-refractivity contribution in [3.05, 3.63) is 41.7 Å². The number of hydrogen-bond acceptors (Lipinski definition) is 4. The summed E-state index contributed by atoms with van der Waals surface area (Å²) in [7, 11) is 0. The van der Waals surface area contributed by atoms with Gasteiger partial charge in [-0.05, 0) is 32.0 Å². The number of fused-ring (bicyclic) bond motifs is 2. The van der Waals surface area contributed by atoms with E-state index in [1.807, 2.05) is 0 Å². The third-order valence-corrected chi connectivity index (χ3v) is 3.12. The van der Waals surface area contributed by atoms with Crippen LogP contribution in [-0.2, 0) is 5.60 Å². The predicted octanol–water partition coefficient (Wildman–Crippen LogP) is 3.53. The van der Waals surface area contributed by atoms with E-state index < -0.39 is 11.4 Å². The molecule has 5 heteroatoms. The molecule has 0 saturated heterocycles. The van der Waals surface area contributed by atoms with Gasteiger partial charge < -0.3 is 20.3 Å². The van der Waals surface area contributed by atoms with E-state index in [2.05, 4.69) is 0 Å². The minimum absolute atomic E-state index is 0.295. The Morgan fingerprint density at radius 1 is 1.00 bits per heavy atom. The van der Waals surface area contributed by atoms with Gasteiger partial charge in [-0.1, -0.05) is 0 Å². The Morgan fingerprint density at radius 2 is 1.60 bits per heavy atom. The first kappa shape index (κ1) is 12.7. The van der Waals surface area contributed by atoms with E-state index in [1.54, 1.807) is 26.0 Å². The molecule has 104 valence electrons.